The first-order chi connectivity index (χ1) is 13.7. The molecule has 0 unspecified atom stereocenters. The summed E-state index contributed by atoms with van der Waals surface area (Å²) >= 11 is 5.45. The number of aromatic nitrogens is 1. The number of anilines is 1. The topological polar surface area (TPSA) is 33.2 Å². The van der Waals surface area contributed by atoms with Crippen LogP contribution in [-0.2, 0) is 6.54 Å². The number of carbonyl (C=O) groups excluding carboxylic acids is 1. The second kappa shape index (κ2) is 8.63. The van der Waals surface area contributed by atoms with E-state index >= 15 is 0 Å². The summed E-state index contributed by atoms with van der Waals surface area (Å²) in [6.45, 7) is 0.485. The molecule has 0 aliphatic rings. The van der Waals surface area contributed by atoms with Gasteiger partial charge in [-0.05, 0) is 58.7 Å². The molecule has 0 saturated heterocycles. The van der Waals surface area contributed by atoms with Gasteiger partial charge >= 0.3 is 0 Å². The van der Waals surface area contributed by atoms with Gasteiger partial charge in [-0.1, -0.05) is 59.9 Å². The van der Waals surface area contributed by atoms with Crippen LogP contribution in [0.4, 0.5) is 5.13 Å². The second-order valence-corrected chi connectivity index (χ2v) is 9.18. The number of halogens is 1. The van der Waals surface area contributed by atoms with Gasteiger partial charge in [0, 0.05) is 8.47 Å². The number of carbonyl (C=O) groups is 1. The maximum atomic E-state index is 13.5. The number of thioether (sulfide) groups is 1. The lowest BCUT2D eigenvalue weighted by Gasteiger charge is -2.20. The molecule has 4 rings (SSSR count). The summed E-state index contributed by atoms with van der Waals surface area (Å²) in [4.78, 5) is 21.3. The van der Waals surface area contributed by atoms with E-state index < -0.39 is 0 Å². The molecule has 1 aromatic heterocycles. The Morgan fingerprint density at radius 1 is 1.04 bits per heavy atom. The standard InChI is InChI=1S/C22H17IN2OS2/c1-27-18-12-7-13-19-20(18)24-22(28-19)25(14-15-8-3-2-4-9-15)21(26)16-10-5-6-11-17(16)23/h2-13H,14H2,1H3. The average Bonchev–Trinajstić information content (AvgIpc) is 3.16. The molecule has 4 aromatic rings. The number of thiazole rings is 1. The molecule has 0 radical (unpaired) electrons. The van der Waals surface area contributed by atoms with Crippen LogP contribution in [-0.4, -0.2) is 17.1 Å². The SMILES string of the molecule is CSc1cccc2sc(N(Cc3ccccc3)C(=O)c3ccccc3I)nc12. The fourth-order valence-corrected chi connectivity index (χ4v) is 5.20. The Labute approximate surface area is 185 Å². The van der Waals surface area contributed by atoms with E-state index in [-0.39, 0.29) is 5.91 Å². The monoisotopic (exact) mass is 516 g/mol. The van der Waals surface area contributed by atoms with Crippen molar-refractivity contribution in [2.75, 3.05) is 11.2 Å². The van der Waals surface area contributed by atoms with E-state index in [1.165, 1.54) is 0 Å². The number of nitrogens with zero attached hydrogens (tertiary/aromatic N) is 2. The van der Waals surface area contributed by atoms with Crippen LogP contribution in [0.25, 0.3) is 10.2 Å². The van der Waals surface area contributed by atoms with Crippen molar-refractivity contribution in [2.45, 2.75) is 11.4 Å². The number of amides is 1. The Kier molecular flexibility index (Phi) is 5.99. The van der Waals surface area contributed by atoms with E-state index in [0.29, 0.717) is 12.1 Å². The highest BCUT2D eigenvalue weighted by molar-refractivity contribution is 14.1. The molecule has 0 saturated carbocycles. The molecule has 0 fully saturated rings. The van der Waals surface area contributed by atoms with Gasteiger partial charge in [0.05, 0.1) is 22.3 Å². The smallest absolute Gasteiger partial charge is 0.261 e. The first kappa shape index (κ1) is 19.4. The Morgan fingerprint density at radius 3 is 2.54 bits per heavy atom. The van der Waals surface area contributed by atoms with Crippen LogP contribution in [0.5, 0.6) is 0 Å². The molecule has 0 spiro atoms. The number of hydrogen-bond donors (Lipinski definition) is 0. The molecular weight excluding hydrogens is 499 g/mol. The lowest BCUT2D eigenvalue weighted by Crippen LogP contribution is -2.30. The molecule has 0 atom stereocenters. The first-order valence-electron chi connectivity index (χ1n) is 8.71. The van der Waals surface area contributed by atoms with Crippen LogP contribution in [0.3, 0.4) is 0 Å². The Morgan fingerprint density at radius 2 is 1.79 bits per heavy atom. The number of fused-ring (bicyclic) bond motifs is 1. The van der Waals surface area contributed by atoms with Crippen molar-refractivity contribution in [3.8, 4) is 0 Å². The van der Waals surface area contributed by atoms with Gasteiger partial charge in [-0.3, -0.25) is 9.69 Å². The highest BCUT2D eigenvalue weighted by atomic mass is 127. The summed E-state index contributed by atoms with van der Waals surface area (Å²) in [5.41, 5.74) is 2.73. The van der Waals surface area contributed by atoms with Crippen LogP contribution in [0.1, 0.15) is 15.9 Å². The largest absolute Gasteiger partial charge is 0.279 e. The normalized spacial score (nSPS) is 10.9. The number of para-hydroxylation sites is 1. The maximum absolute atomic E-state index is 13.5. The van der Waals surface area contributed by atoms with Crippen LogP contribution in [0.15, 0.2) is 77.7 Å². The van der Waals surface area contributed by atoms with Gasteiger partial charge in [-0.2, -0.15) is 0 Å². The molecule has 3 nitrogen and oxygen atoms in total. The van der Waals surface area contributed by atoms with Crippen molar-refractivity contribution in [1.29, 1.82) is 0 Å². The van der Waals surface area contributed by atoms with E-state index in [0.717, 1.165) is 29.4 Å². The third kappa shape index (κ3) is 3.94. The molecule has 3 aromatic carbocycles. The quantitative estimate of drug-likeness (QED) is 0.225. The average molecular weight is 516 g/mol. The summed E-state index contributed by atoms with van der Waals surface area (Å²) in [6.07, 6.45) is 2.05. The lowest BCUT2D eigenvalue weighted by molar-refractivity contribution is 0.0984. The summed E-state index contributed by atoms with van der Waals surface area (Å²) in [5, 5.41) is 0.727. The number of rotatable bonds is 5. The minimum Gasteiger partial charge on any atom is -0.279 e. The van der Waals surface area contributed by atoms with Crippen molar-refractivity contribution < 1.29 is 4.79 Å². The van der Waals surface area contributed by atoms with Gasteiger partial charge < -0.3 is 0 Å². The summed E-state index contributed by atoms with van der Waals surface area (Å²) in [5.74, 6) is -0.0291. The molecule has 0 aliphatic heterocycles. The van der Waals surface area contributed by atoms with Crippen molar-refractivity contribution in [1.82, 2.24) is 4.98 Å². The Hall–Kier alpha value is -1.90. The van der Waals surface area contributed by atoms with E-state index in [2.05, 4.69) is 34.7 Å². The van der Waals surface area contributed by atoms with E-state index in [9.17, 15) is 4.79 Å². The second-order valence-electron chi connectivity index (χ2n) is 6.16. The minimum atomic E-state index is -0.0291. The predicted octanol–water partition coefficient (Wildman–Crippen LogP) is 6.47. The first-order valence-corrected chi connectivity index (χ1v) is 11.8. The molecule has 28 heavy (non-hydrogen) atoms. The molecule has 140 valence electrons. The fraction of sp³-hybridized carbons (Fsp3) is 0.0909. The van der Waals surface area contributed by atoms with Crippen LogP contribution in [0.2, 0.25) is 0 Å². The maximum Gasteiger partial charge on any atom is 0.261 e. The fourth-order valence-electron chi connectivity index (χ4n) is 2.96. The molecule has 6 heteroatoms. The number of benzene rings is 3. The molecular formula is C22H17IN2OS2. The summed E-state index contributed by atoms with van der Waals surface area (Å²) in [7, 11) is 0. The van der Waals surface area contributed by atoms with E-state index in [1.54, 1.807) is 28.0 Å². The third-order valence-electron chi connectivity index (χ3n) is 4.35. The molecule has 0 bridgehead atoms. The van der Waals surface area contributed by atoms with E-state index in [1.807, 2.05) is 66.9 Å². The number of hydrogen-bond acceptors (Lipinski definition) is 4. The summed E-state index contributed by atoms with van der Waals surface area (Å²) in [6, 6.07) is 23.9. The molecule has 1 amide bonds. The molecule has 0 N–H and O–H groups in total. The van der Waals surface area contributed by atoms with Gasteiger partial charge in [0.15, 0.2) is 5.13 Å². The van der Waals surface area contributed by atoms with Gasteiger partial charge in [0.2, 0.25) is 0 Å². The van der Waals surface area contributed by atoms with Gasteiger partial charge in [-0.15, -0.1) is 11.8 Å². The van der Waals surface area contributed by atoms with Crippen molar-refractivity contribution in [3.63, 3.8) is 0 Å². The Bertz CT molecular complexity index is 1130. The van der Waals surface area contributed by atoms with Gasteiger partial charge in [0.25, 0.3) is 5.91 Å². The lowest BCUT2D eigenvalue weighted by atomic mass is 10.1. The zero-order valence-electron chi connectivity index (χ0n) is 15.1. The predicted molar refractivity (Wildman–Crippen MR) is 128 cm³/mol. The highest BCUT2D eigenvalue weighted by Crippen LogP contribution is 2.35. The zero-order valence-corrected chi connectivity index (χ0v) is 18.9. The molecule has 1 heterocycles. The van der Waals surface area contributed by atoms with Gasteiger partial charge in [0.1, 0.15) is 0 Å². The van der Waals surface area contributed by atoms with Crippen molar-refractivity contribution in [3.05, 3.63) is 87.5 Å². The zero-order chi connectivity index (χ0) is 19.5. The molecule has 0 aliphatic carbocycles. The third-order valence-corrected chi connectivity index (χ3v) is 7.11. The van der Waals surface area contributed by atoms with Crippen LogP contribution < -0.4 is 4.90 Å². The highest BCUT2D eigenvalue weighted by Gasteiger charge is 2.23. The minimum absolute atomic E-state index is 0.0291. The van der Waals surface area contributed by atoms with Crippen LogP contribution in [0, 0.1) is 3.57 Å². The van der Waals surface area contributed by atoms with Gasteiger partial charge in [-0.25, -0.2) is 4.98 Å². The van der Waals surface area contributed by atoms with Crippen molar-refractivity contribution in [2.24, 2.45) is 0 Å². The van der Waals surface area contributed by atoms with Crippen molar-refractivity contribution >= 4 is 66.9 Å². The summed E-state index contributed by atoms with van der Waals surface area (Å²) < 4.78 is 2.03. The van der Waals surface area contributed by atoms with E-state index in [4.69, 9.17) is 4.98 Å². The Balaban J connectivity index is 1.81. The van der Waals surface area contributed by atoms with Crippen LogP contribution >= 0.6 is 45.7 Å².